The van der Waals surface area contributed by atoms with Crippen molar-refractivity contribution in [1.82, 2.24) is 0 Å². The smallest absolute Gasteiger partial charge is 0.300 e. The molecule has 0 radical (unpaired) electrons. The minimum Gasteiger partial charge on any atom is -0.507 e. The van der Waals surface area contributed by atoms with Crippen LogP contribution in [0.2, 0.25) is 15.1 Å². The highest BCUT2D eigenvalue weighted by Crippen LogP contribution is 2.43. The zero-order valence-corrected chi connectivity index (χ0v) is 17.9. The molecule has 1 heterocycles. The highest BCUT2D eigenvalue weighted by molar-refractivity contribution is 6.52. The number of Topliss-reactive ketones (excluding diaryl/α,β-unsaturated/α-hetero) is 1. The monoisotopic (exact) mass is 475 g/mol. The molecule has 0 aromatic heterocycles. The fraction of sp³-hybridized carbons (Fsp3) is 0.0435. The van der Waals surface area contributed by atoms with Gasteiger partial charge in [0.25, 0.3) is 11.7 Å². The molecule has 4 rings (SSSR count). The second-order valence-electron chi connectivity index (χ2n) is 6.83. The maximum absolute atomic E-state index is 13.5. The van der Waals surface area contributed by atoms with E-state index in [9.17, 15) is 19.1 Å². The van der Waals surface area contributed by atoms with Crippen LogP contribution in [0.3, 0.4) is 0 Å². The predicted octanol–water partition coefficient (Wildman–Crippen LogP) is 6.41. The SMILES string of the molecule is O=C1C(=O)N(c2ccc(F)cc2)C(c2ccc(Cl)c(Cl)c2)/C1=C(/O)c1ccc(Cl)cc1. The van der Waals surface area contributed by atoms with E-state index >= 15 is 0 Å². The molecule has 1 atom stereocenters. The van der Waals surface area contributed by atoms with Crippen LogP contribution in [0, 0.1) is 5.82 Å². The van der Waals surface area contributed by atoms with Crippen molar-refractivity contribution in [3.8, 4) is 0 Å². The Morgan fingerprint density at radius 1 is 0.871 bits per heavy atom. The second-order valence-corrected chi connectivity index (χ2v) is 8.08. The summed E-state index contributed by atoms with van der Waals surface area (Å²) in [7, 11) is 0. The third-order valence-electron chi connectivity index (χ3n) is 4.93. The molecule has 0 bridgehead atoms. The number of carbonyl (C=O) groups is 2. The molecule has 0 saturated carbocycles. The van der Waals surface area contributed by atoms with Gasteiger partial charge in [0.05, 0.1) is 21.7 Å². The summed E-state index contributed by atoms with van der Waals surface area (Å²) in [5.41, 5.74) is 0.921. The van der Waals surface area contributed by atoms with Gasteiger partial charge in [-0.15, -0.1) is 0 Å². The predicted molar refractivity (Wildman–Crippen MR) is 119 cm³/mol. The summed E-state index contributed by atoms with van der Waals surface area (Å²) in [6.45, 7) is 0. The Balaban J connectivity index is 1.95. The zero-order chi connectivity index (χ0) is 22.3. The standard InChI is InChI=1S/C23H13Cl3FNO3/c24-14-4-1-12(2-5-14)21(29)19-20(13-3-10-17(25)18(26)11-13)28(23(31)22(19)30)16-8-6-15(27)7-9-16/h1-11,20,29H/b21-19-. The number of amides is 1. The molecule has 3 aromatic carbocycles. The van der Waals surface area contributed by atoms with E-state index in [0.29, 0.717) is 21.2 Å². The Labute approximate surface area is 192 Å². The molecule has 3 aromatic rings. The largest absolute Gasteiger partial charge is 0.507 e. The number of carbonyl (C=O) groups excluding carboxylic acids is 2. The van der Waals surface area contributed by atoms with Crippen LogP contribution in [0.1, 0.15) is 17.2 Å². The molecule has 1 amide bonds. The van der Waals surface area contributed by atoms with Crippen LogP contribution in [0.4, 0.5) is 10.1 Å². The van der Waals surface area contributed by atoms with Gasteiger partial charge in [-0.1, -0.05) is 40.9 Å². The summed E-state index contributed by atoms with van der Waals surface area (Å²) in [5.74, 6) is -2.60. The van der Waals surface area contributed by atoms with Gasteiger partial charge in [-0.3, -0.25) is 14.5 Å². The van der Waals surface area contributed by atoms with Gasteiger partial charge in [-0.05, 0) is 66.2 Å². The van der Waals surface area contributed by atoms with Crippen molar-refractivity contribution >= 4 is 57.9 Å². The highest BCUT2D eigenvalue weighted by Gasteiger charge is 2.47. The van der Waals surface area contributed by atoms with Gasteiger partial charge in [-0.2, -0.15) is 0 Å². The summed E-state index contributed by atoms with van der Waals surface area (Å²) in [6, 6.07) is 15.0. The van der Waals surface area contributed by atoms with Gasteiger partial charge < -0.3 is 5.11 Å². The fourth-order valence-corrected chi connectivity index (χ4v) is 3.89. The lowest BCUT2D eigenvalue weighted by molar-refractivity contribution is -0.132. The van der Waals surface area contributed by atoms with Crippen molar-refractivity contribution in [3.63, 3.8) is 0 Å². The molecule has 31 heavy (non-hydrogen) atoms. The molecule has 1 fully saturated rings. The first kappa shape index (κ1) is 21.4. The van der Waals surface area contributed by atoms with E-state index in [1.165, 1.54) is 53.4 Å². The van der Waals surface area contributed by atoms with Crippen molar-refractivity contribution in [2.24, 2.45) is 0 Å². The van der Waals surface area contributed by atoms with Gasteiger partial charge in [-0.25, -0.2) is 4.39 Å². The van der Waals surface area contributed by atoms with Gasteiger partial charge in [0.15, 0.2) is 0 Å². The Kier molecular flexibility index (Phi) is 5.75. The molecule has 1 aliphatic rings. The van der Waals surface area contributed by atoms with E-state index in [1.54, 1.807) is 18.2 Å². The quantitative estimate of drug-likeness (QED) is 0.270. The third-order valence-corrected chi connectivity index (χ3v) is 5.92. The summed E-state index contributed by atoms with van der Waals surface area (Å²) < 4.78 is 13.5. The van der Waals surface area contributed by atoms with Gasteiger partial charge in [0.2, 0.25) is 0 Å². The maximum atomic E-state index is 13.5. The lowest BCUT2D eigenvalue weighted by atomic mass is 9.95. The number of rotatable bonds is 3. The number of anilines is 1. The molecule has 1 aliphatic heterocycles. The van der Waals surface area contributed by atoms with Crippen molar-refractivity contribution in [3.05, 3.63) is 104 Å². The highest BCUT2D eigenvalue weighted by atomic mass is 35.5. The van der Waals surface area contributed by atoms with Gasteiger partial charge in [0, 0.05) is 16.3 Å². The minimum atomic E-state index is -1.00. The summed E-state index contributed by atoms with van der Waals surface area (Å²) >= 11 is 18.1. The molecule has 8 heteroatoms. The van der Waals surface area contributed by atoms with Gasteiger partial charge >= 0.3 is 0 Å². The molecule has 156 valence electrons. The number of halogens is 4. The first-order valence-corrected chi connectivity index (χ1v) is 10.2. The van der Waals surface area contributed by atoms with Crippen LogP contribution < -0.4 is 4.90 Å². The Morgan fingerprint density at radius 2 is 1.52 bits per heavy atom. The van der Waals surface area contributed by atoms with Crippen LogP contribution in [0.15, 0.2) is 72.3 Å². The summed E-state index contributed by atoms with van der Waals surface area (Å²) in [5, 5.41) is 11.9. The Morgan fingerprint density at radius 3 is 2.13 bits per heavy atom. The first-order chi connectivity index (χ1) is 14.8. The second kappa shape index (κ2) is 8.35. The molecule has 0 aliphatic carbocycles. The first-order valence-electron chi connectivity index (χ1n) is 9.05. The zero-order valence-electron chi connectivity index (χ0n) is 15.7. The summed E-state index contributed by atoms with van der Waals surface area (Å²) in [4.78, 5) is 27.2. The Bertz CT molecular complexity index is 1220. The molecule has 1 saturated heterocycles. The average molecular weight is 477 g/mol. The molecular formula is C23H13Cl3FNO3. The van der Waals surface area contributed by atoms with Crippen LogP contribution in [-0.4, -0.2) is 16.8 Å². The topological polar surface area (TPSA) is 57.6 Å². The normalized spacial score (nSPS) is 17.9. The van der Waals surface area contributed by atoms with Crippen molar-refractivity contribution in [1.29, 1.82) is 0 Å². The van der Waals surface area contributed by atoms with E-state index in [4.69, 9.17) is 34.8 Å². The van der Waals surface area contributed by atoms with Crippen LogP contribution in [0.5, 0.6) is 0 Å². The number of hydrogen-bond donors (Lipinski definition) is 1. The number of nitrogens with zero attached hydrogens (tertiary/aromatic N) is 1. The van der Waals surface area contributed by atoms with Crippen molar-refractivity contribution in [2.45, 2.75) is 6.04 Å². The molecule has 1 unspecified atom stereocenters. The van der Waals surface area contributed by atoms with E-state index in [0.717, 1.165) is 0 Å². The summed E-state index contributed by atoms with van der Waals surface area (Å²) in [6.07, 6.45) is 0. The molecule has 1 N–H and O–H groups in total. The fourth-order valence-electron chi connectivity index (χ4n) is 3.46. The van der Waals surface area contributed by atoms with E-state index in [2.05, 4.69) is 0 Å². The van der Waals surface area contributed by atoms with Crippen molar-refractivity contribution in [2.75, 3.05) is 4.90 Å². The maximum Gasteiger partial charge on any atom is 0.300 e. The minimum absolute atomic E-state index is 0.130. The van der Waals surface area contributed by atoms with Crippen LogP contribution in [-0.2, 0) is 9.59 Å². The van der Waals surface area contributed by atoms with Crippen LogP contribution in [0.25, 0.3) is 5.76 Å². The molecule has 4 nitrogen and oxygen atoms in total. The third kappa shape index (κ3) is 3.92. The molecular weight excluding hydrogens is 464 g/mol. The average Bonchev–Trinajstić information content (AvgIpc) is 3.01. The number of ketones is 1. The van der Waals surface area contributed by atoms with Gasteiger partial charge in [0.1, 0.15) is 11.6 Å². The van der Waals surface area contributed by atoms with Crippen LogP contribution >= 0.6 is 34.8 Å². The molecule has 0 spiro atoms. The lowest BCUT2D eigenvalue weighted by Crippen LogP contribution is -2.29. The number of aliphatic hydroxyl groups is 1. The van der Waals surface area contributed by atoms with E-state index < -0.39 is 23.5 Å². The number of benzene rings is 3. The van der Waals surface area contributed by atoms with E-state index in [1.807, 2.05) is 0 Å². The Hall–Kier alpha value is -2.86. The van der Waals surface area contributed by atoms with E-state index in [-0.39, 0.29) is 22.0 Å². The number of aliphatic hydroxyl groups excluding tert-OH is 1. The lowest BCUT2D eigenvalue weighted by Gasteiger charge is -2.25. The van der Waals surface area contributed by atoms with Crippen molar-refractivity contribution < 1.29 is 19.1 Å². The number of hydrogen-bond acceptors (Lipinski definition) is 3.